The zero-order valence-electron chi connectivity index (χ0n) is 8.55. The lowest BCUT2D eigenvalue weighted by molar-refractivity contribution is 0.0666. The maximum atomic E-state index is 12.6. The highest BCUT2D eigenvalue weighted by Gasteiger charge is 2.12. The zero-order chi connectivity index (χ0) is 12.4. The van der Waals surface area contributed by atoms with Crippen molar-refractivity contribution < 1.29 is 8.78 Å². The Kier molecular flexibility index (Phi) is 3.37. The number of halogens is 3. The van der Waals surface area contributed by atoms with Crippen LogP contribution >= 0.6 is 15.9 Å². The maximum absolute atomic E-state index is 12.6. The highest BCUT2D eigenvalue weighted by Crippen LogP contribution is 2.13. The molecule has 0 aliphatic heterocycles. The Bertz CT molecular complexity index is 579. The summed E-state index contributed by atoms with van der Waals surface area (Å²) in [5.74, 6) is 0.139. The average Bonchev–Trinajstić information content (AvgIpc) is 2.73. The second-order valence-electron chi connectivity index (χ2n) is 3.32. The third-order valence-electron chi connectivity index (χ3n) is 2.24. The van der Waals surface area contributed by atoms with Gasteiger partial charge in [0.1, 0.15) is 5.82 Å². The van der Waals surface area contributed by atoms with Gasteiger partial charge in [0.05, 0.1) is 11.0 Å². The van der Waals surface area contributed by atoms with E-state index in [4.69, 9.17) is 0 Å². The third-order valence-corrected chi connectivity index (χ3v) is 2.85. The van der Waals surface area contributed by atoms with Crippen molar-refractivity contribution in [2.75, 3.05) is 0 Å². The normalized spacial score (nSPS) is 11.1. The fourth-order valence-electron chi connectivity index (χ4n) is 1.43. The number of alkyl halides is 2. The van der Waals surface area contributed by atoms with Gasteiger partial charge in [-0.05, 0) is 28.1 Å². The fourth-order valence-corrected chi connectivity index (χ4v) is 1.81. The topological polar surface area (TPSA) is 39.8 Å². The molecule has 0 saturated heterocycles. The number of rotatable bonds is 3. The second-order valence-corrected chi connectivity index (χ2v) is 4.17. The van der Waals surface area contributed by atoms with E-state index in [0.29, 0.717) is 4.47 Å². The molecule has 17 heavy (non-hydrogen) atoms. The van der Waals surface area contributed by atoms with Gasteiger partial charge in [-0.1, -0.05) is 0 Å². The van der Waals surface area contributed by atoms with E-state index in [0.717, 1.165) is 4.57 Å². The van der Waals surface area contributed by atoms with Crippen LogP contribution < -0.4 is 5.56 Å². The van der Waals surface area contributed by atoms with Gasteiger partial charge in [-0.15, -0.1) is 0 Å². The number of hydrogen-bond acceptors (Lipinski definition) is 2. The summed E-state index contributed by atoms with van der Waals surface area (Å²) in [5, 5.41) is 0. The Morgan fingerprint density at radius 3 is 2.88 bits per heavy atom. The van der Waals surface area contributed by atoms with E-state index < -0.39 is 6.55 Å². The fraction of sp³-hybridized carbons (Fsp3) is 0.200. The smallest absolute Gasteiger partial charge is 0.307 e. The molecular formula is C10H8BrF2N3O. The van der Waals surface area contributed by atoms with Crippen molar-refractivity contribution in [2.24, 2.45) is 0 Å². The van der Waals surface area contributed by atoms with E-state index >= 15 is 0 Å². The van der Waals surface area contributed by atoms with Crippen LogP contribution in [0.1, 0.15) is 12.4 Å². The van der Waals surface area contributed by atoms with Crippen molar-refractivity contribution in [3.05, 3.63) is 51.4 Å². The summed E-state index contributed by atoms with van der Waals surface area (Å²) in [5.41, 5.74) is -0.281. The summed E-state index contributed by atoms with van der Waals surface area (Å²) >= 11 is 3.09. The Balaban J connectivity index is 2.35. The maximum Gasteiger partial charge on any atom is 0.319 e. The Hall–Kier alpha value is -1.50. The van der Waals surface area contributed by atoms with Gasteiger partial charge in [0.2, 0.25) is 0 Å². The predicted molar refractivity (Wildman–Crippen MR) is 61.0 cm³/mol. The molecule has 0 aliphatic carbocycles. The van der Waals surface area contributed by atoms with Crippen LogP contribution in [-0.4, -0.2) is 14.1 Å². The molecule has 0 atom stereocenters. The van der Waals surface area contributed by atoms with Crippen molar-refractivity contribution in [3.63, 3.8) is 0 Å². The van der Waals surface area contributed by atoms with E-state index in [1.54, 1.807) is 12.1 Å². The molecule has 0 aromatic carbocycles. The highest BCUT2D eigenvalue weighted by atomic mass is 79.9. The summed E-state index contributed by atoms with van der Waals surface area (Å²) in [7, 11) is 0. The van der Waals surface area contributed by atoms with Crippen molar-refractivity contribution in [1.29, 1.82) is 0 Å². The molecule has 0 saturated carbocycles. The summed E-state index contributed by atoms with van der Waals surface area (Å²) in [6, 6.07) is 3.25. The lowest BCUT2D eigenvalue weighted by atomic mass is 10.4. The van der Waals surface area contributed by atoms with E-state index in [1.807, 2.05) is 0 Å². The molecule has 0 N–H and O–H groups in total. The van der Waals surface area contributed by atoms with Crippen LogP contribution in [0.5, 0.6) is 0 Å². The van der Waals surface area contributed by atoms with Gasteiger partial charge in [0.25, 0.3) is 5.56 Å². The largest absolute Gasteiger partial charge is 0.319 e. The molecule has 2 heterocycles. The summed E-state index contributed by atoms with van der Waals surface area (Å²) in [6.07, 6.45) is 3.99. The highest BCUT2D eigenvalue weighted by molar-refractivity contribution is 9.10. The molecule has 0 spiro atoms. The van der Waals surface area contributed by atoms with Crippen molar-refractivity contribution in [3.8, 4) is 0 Å². The second kappa shape index (κ2) is 4.79. The van der Waals surface area contributed by atoms with Crippen LogP contribution in [0, 0.1) is 0 Å². The predicted octanol–water partition coefficient (Wildman–Crippen LogP) is 2.25. The number of pyridine rings is 1. The average molecular weight is 304 g/mol. The number of nitrogens with zero attached hydrogens (tertiary/aromatic N) is 3. The van der Waals surface area contributed by atoms with Crippen molar-refractivity contribution in [1.82, 2.24) is 14.1 Å². The zero-order valence-corrected chi connectivity index (χ0v) is 10.1. The van der Waals surface area contributed by atoms with Crippen LogP contribution in [0.15, 0.2) is 40.0 Å². The SMILES string of the molecule is O=c1c(Br)cccn1Cc1nccn1C(F)F. The lowest BCUT2D eigenvalue weighted by Gasteiger charge is -2.08. The number of hydrogen-bond donors (Lipinski definition) is 0. The van der Waals surface area contributed by atoms with Crippen molar-refractivity contribution >= 4 is 15.9 Å². The first-order valence-electron chi connectivity index (χ1n) is 4.74. The quantitative estimate of drug-likeness (QED) is 0.872. The van der Waals surface area contributed by atoms with Gasteiger partial charge in [-0.2, -0.15) is 8.78 Å². The molecule has 0 fully saturated rings. The molecule has 0 bridgehead atoms. The number of aromatic nitrogens is 3. The summed E-state index contributed by atoms with van der Waals surface area (Å²) in [6.45, 7) is -2.65. The molecule has 4 nitrogen and oxygen atoms in total. The Labute approximate surface area is 104 Å². The molecule has 2 aromatic heterocycles. The van der Waals surface area contributed by atoms with Gasteiger partial charge in [-0.3, -0.25) is 9.36 Å². The number of imidazole rings is 1. The molecule has 0 unspecified atom stereocenters. The van der Waals surface area contributed by atoms with Gasteiger partial charge >= 0.3 is 6.55 Å². The first kappa shape index (κ1) is 12.0. The van der Waals surface area contributed by atoms with E-state index in [-0.39, 0.29) is 17.9 Å². The van der Waals surface area contributed by atoms with Gasteiger partial charge < -0.3 is 4.57 Å². The van der Waals surface area contributed by atoms with Crippen LogP contribution in [-0.2, 0) is 6.54 Å². The van der Waals surface area contributed by atoms with Gasteiger partial charge in [0, 0.05) is 18.6 Å². The van der Waals surface area contributed by atoms with E-state index in [9.17, 15) is 13.6 Å². The first-order valence-corrected chi connectivity index (χ1v) is 5.53. The van der Waals surface area contributed by atoms with Crippen LogP contribution in [0.2, 0.25) is 0 Å². The standard InChI is InChI=1S/C10H8BrF2N3O/c11-7-2-1-4-15(9(7)17)6-8-14-3-5-16(8)10(12)13/h1-5,10H,6H2. The van der Waals surface area contributed by atoms with Crippen LogP contribution in [0.4, 0.5) is 8.78 Å². The van der Waals surface area contributed by atoms with Crippen LogP contribution in [0.3, 0.4) is 0 Å². The summed E-state index contributed by atoms with van der Waals surface area (Å²) < 4.78 is 27.6. The van der Waals surface area contributed by atoms with E-state index in [2.05, 4.69) is 20.9 Å². The minimum Gasteiger partial charge on any atom is -0.307 e. The van der Waals surface area contributed by atoms with Crippen molar-refractivity contribution in [2.45, 2.75) is 13.1 Å². The molecule has 0 amide bonds. The molecule has 0 radical (unpaired) electrons. The molecule has 90 valence electrons. The minimum atomic E-state index is -2.66. The van der Waals surface area contributed by atoms with E-state index in [1.165, 1.54) is 23.2 Å². The first-order chi connectivity index (χ1) is 8.09. The van der Waals surface area contributed by atoms with Crippen LogP contribution in [0.25, 0.3) is 0 Å². The van der Waals surface area contributed by atoms with Gasteiger partial charge in [0.15, 0.2) is 0 Å². The Morgan fingerprint density at radius 1 is 1.41 bits per heavy atom. The van der Waals surface area contributed by atoms with Gasteiger partial charge in [-0.25, -0.2) is 4.98 Å². The molecular weight excluding hydrogens is 296 g/mol. The summed E-state index contributed by atoms with van der Waals surface area (Å²) in [4.78, 5) is 15.5. The monoisotopic (exact) mass is 303 g/mol. The molecule has 0 aliphatic rings. The minimum absolute atomic E-state index is 0.00954. The molecule has 2 aromatic rings. The Morgan fingerprint density at radius 2 is 2.18 bits per heavy atom. The lowest BCUT2D eigenvalue weighted by Crippen LogP contribution is -2.22. The third kappa shape index (κ3) is 2.44. The molecule has 2 rings (SSSR count). The molecule has 7 heteroatoms.